The van der Waals surface area contributed by atoms with Gasteiger partial charge in [0.25, 0.3) is 0 Å². The summed E-state index contributed by atoms with van der Waals surface area (Å²) in [5.74, 6) is -0.857. The molecular weight excluding hydrogens is 409 g/mol. The summed E-state index contributed by atoms with van der Waals surface area (Å²) in [6.45, 7) is 7.64. The third-order valence-electron chi connectivity index (χ3n) is 4.41. The lowest BCUT2D eigenvalue weighted by Crippen LogP contribution is -2.33. The number of pyridine rings is 1. The van der Waals surface area contributed by atoms with Crippen molar-refractivity contribution >= 4 is 23.0 Å². The monoisotopic (exact) mass is 435 g/mol. The van der Waals surface area contributed by atoms with Gasteiger partial charge in [-0.15, -0.1) is 0 Å². The topological polar surface area (TPSA) is 103 Å². The van der Waals surface area contributed by atoms with Crippen molar-refractivity contribution in [1.29, 1.82) is 0 Å². The van der Waals surface area contributed by atoms with E-state index in [1.54, 1.807) is 32.2 Å². The summed E-state index contributed by atoms with van der Waals surface area (Å²) < 4.78 is 13.8. The summed E-state index contributed by atoms with van der Waals surface area (Å²) in [7, 11) is 1.82. The number of hydrogen-bond donors (Lipinski definition) is 4. The number of aliphatic hydroxyl groups is 2. The molecule has 5 N–H and O–H groups in total. The van der Waals surface area contributed by atoms with E-state index < -0.39 is 17.5 Å². The number of aromatic nitrogens is 1. The molecule has 30 heavy (non-hydrogen) atoms. The fourth-order valence-electron chi connectivity index (χ4n) is 3.16. The number of anilines is 1. The van der Waals surface area contributed by atoms with Gasteiger partial charge in [0.15, 0.2) is 0 Å². The van der Waals surface area contributed by atoms with Crippen LogP contribution in [0.3, 0.4) is 0 Å². The molecule has 162 valence electrons. The van der Waals surface area contributed by atoms with Crippen LogP contribution in [0.15, 0.2) is 43.3 Å². The summed E-state index contributed by atoms with van der Waals surface area (Å²) in [6, 6.07) is 3.89. The van der Waals surface area contributed by atoms with Gasteiger partial charge in [-0.2, -0.15) is 0 Å². The quantitative estimate of drug-likeness (QED) is 0.472. The predicted octanol–water partition coefficient (Wildman–Crippen LogP) is 3.67. The van der Waals surface area contributed by atoms with Gasteiger partial charge in [-0.05, 0) is 43.2 Å². The predicted molar refractivity (Wildman–Crippen MR) is 117 cm³/mol. The van der Waals surface area contributed by atoms with E-state index in [0.29, 0.717) is 17.7 Å². The number of hydrogen-bond acceptors (Lipinski definition) is 6. The van der Waals surface area contributed by atoms with E-state index in [-0.39, 0.29) is 28.6 Å². The van der Waals surface area contributed by atoms with Gasteiger partial charge in [0, 0.05) is 43.5 Å². The molecule has 0 spiro atoms. The Morgan fingerprint density at radius 2 is 2.10 bits per heavy atom. The second kappa shape index (κ2) is 9.47. The highest BCUT2D eigenvalue weighted by atomic mass is 35.5. The first-order valence-electron chi connectivity index (χ1n) is 9.29. The van der Waals surface area contributed by atoms with Crippen LogP contribution < -0.4 is 5.73 Å². The van der Waals surface area contributed by atoms with Crippen LogP contribution in [0.2, 0.25) is 5.02 Å². The number of nitrogens with zero attached hydrogens (tertiary/aromatic N) is 2. The van der Waals surface area contributed by atoms with Gasteiger partial charge in [-0.3, -0.25) is 0 Å². The van der Waals surface area contributed by atoms with Crippen LogP contribution >= 0.6 is 11.6 Å². The van der Waals surface area contributed by atoms with Crippen molar-refractivity contribution in [1.82, 2.24) is 9.88 Å². The number of rotatable bonds is 8. The first kappa shape index (κ1) is 23.7. The van der Waals surface area contributed by atoms with E-state index in [2.05, 4.69) is 11.6 Å². The Kier molecular flexibility index (Phi) is 7.47. The van der Waals surface area contributed by atoms with Crippen LogP contribution in [0.25, 0.3) is 5.57 Å². The fraction of sp³-hybridized carbons (Fsp3) is 0.318. The second-order valence-electron chi connectivity index (χ2n) is 7.80. The Morgan fingerprint density at radius 3 is 2.70 bits per heavy atom. The van der Waals surface area contributed by atoms with Gasteiger partial charge >= 0.3 is 0 Å². The molecule has 0 fully saturated rings. The number of likely N-dealkylation sites (N-methyl/N-ethyl adjacent to an activating group) is 1. The lowest BCUT2D eigenvalue weighted by atomic mass is 9.98. The molecule has 0 amide bonds. The minimum absolute atomic E-state index is 0.0344. The van der Waals surface area contributed by atoms with Crippen LogP contribution in [0.4, 0.5) is 10.2 Å². The molecule has 0 saturated heterocycles. The first-order chi connectivity index (χ1) is 13.9. The Hall–Kier alpha value is -2.61. The highest BCUT2D eigenvalue weighted by molar-refractivity contribution is 6.31. The average Bonchev–Trinajstić information content (AvgIpc) is 2.63. The van der Waals surface area contributed by atoms with Crippen LogP contribution in [0, 0.1) is 5.82 Å². The third-order valence-corrected chi connectivity index (χ3v) is 4.79. The Morgan fingerprint density at radius 1 is 1.43 bits per heavy atom. The molecule has 0 radical (unpaired) electrons. The van der Waals surface area contributed by atoms with Gasteiger partial charge in [0.2, 0.25) is 0 Å². The lowest BCUT2D eigenvalue weighted by molar-refractivity contribution is 0.0570. The number of nitrogen functional groups attached to an aromatic ring is 1. The number of phenolic OH excluding ortho intramolecular Hbond substituents is 1. The highest BCUT2D eigenvalue weighted by Crippen LogP contribution is 2.35. The maximum atomic E-state index is 13.8. The number of halogens is 2. The van der Waals surface area contributed by atoms with Crippen molar-refractivity contribution in [2.24, 2.45) is 0 Å². The van der Waals surface area contributed by atoms with Gasteiger partial charge in [-0.25, -0.2) is 9.37 Å². The molecular formula is C22H27ClFN3O3. The maximum absolute atomic E-state index is 13.8. The van der Waals surface area contributed by atoms with Crippen LogP contribution in [-0.2, 0) is 6.42 Å². The van der Waals surface area contributed by atoms with Crippen molar-refractivity contribution in [2.75, 3.05) is 19.3 Å². The second-order valence-corrected chi connectivity index (χ2v) is 8.18. The van der Waals surface area contributed by atoms with Crippen LogP contribution in [-0.4, -0.2) is 44.4 Å². The number of nitrogens with two attached hydrogens (primary N) is 1. The fourth-order valence-corrected chi connectivity index (χ4v) is 3.45. The van der Waals surface area contributed by atoms with Crippen molar-refractivity contribution in [3.05, 3.63) is 70.8 Å². The molecule has 1 aromatic heterocycles. The summed E-state index contributed by atoms with van der Waals surface area (Å²) in [6.07, 6.45) is 3.70. The van der Waals surface area contributed by atoms with Crippen molar-refractivity contribution in [3.8, 4) is 5.75 Å². The summed E-state index contributed by atoms with van der Waals surface area (Å²) in [4.78, 5) is 6.01. The number of aliphatic hydroxyl groups excluding tert-OH is 1. The standard InChI is InChI=1S/C22H27ClFN3O3/c1-5-13(11-27(4)12-22(2,3)30)15-8-14(21(25)26-10-15)9-18(29)19-17(28)7-6-16(24)20(19)23/h5-8,10-11,18,28-30H,1,9,12H2,2-4H3,(H2,25,26)/b13-11+. The van der Waals surface area contributed by atoms with E-state index in [1.165, 1.54) is 0 Å². The smallest absolute Gasteiger partial charge is 0.142 e. The van der Waals surface area contributed by atoms with Crippen molar-refractivity contribution in [3.63, 3.8) is 0 Å². The van der Waals surface area contributed by atoms with Gasteiger partial charge in [0.1, 0.15) is 17.4 Å². The van der Waals surface area contributed by atoms with Gasteiger partial charge in [0.05, 0.1) is 16.7 Å². The SMILES string of the molecule is C=C/C(=C\N(C)CC(C)(C)O)c1cnc(N)c(CC(O)c2c(O)ccc(F)c2Cl)c1. The molecule has 6 nitrogen and oxygen atoms in total. The summed E-state index contributed by atoms with van der Waals surface area (Å²) >= 11 is 5.92. The molecule has 0 bridgehead atoms. The Bertz CT molecular complexity index is 957. The number of benzene rings is 1. The molecule has 1 aromatic carbocycles. The molecule has 1 atom stereocenters. The van der Waals surface area contributed by atoms with E-state index in [0.717, 1.165) is 17.7 Å². The normalized spacial score (nSPS) is 13.2. The molecule has 0 saturated carbocycles. The van der Waals surface area contributed by atoms with Crippen LogP contribution in [0.1, 0.15) is 36.6 Å². The van der Waals surface area contributed by atoms with E-state index in [9.17, 15) is 19.7 Å². The zero-order valence-electron chi connectivity index (χ0n) is 17.2. The highest BCUT2D eigenvalue weighted by Gasteiger charge is 2.21. The summed E-state index contributed by atoms with van der Waals surface area (Å²) in [5.41, 5.74) is 6.91. The largest absolute Gasteiger partial charge is 0.508 e. The Balaban J connectivity index is 2.35. The minimum Gasteiger partial charge on any atom is -0.508 e. The van der Waals surface area contributed by atoms with E-state index >= 15 is 0 Å². The van der Waals surface area contributed by atoms with Crippen molar-refractivity contribution < 1.29 is 19.7 Å². The van der Waals surface area contributed by atoms with E-state index in [1.807, 2.05) is 18.1 Å². The first-order valence-corrected chi connectivity index (χ1v) is 9.67. The zero-order valence-corrected chi connectivity index (χ0v) is 18.0. The number of aromatic hydroxyl groups is 1. The number of phenols is 1. The van der Waals surface area contributed by atoms with Gasteiger partial charge < -0.3 is 26.0 Å². The van der Waals surface area contributed by atoms with Gasteiger partial charge in [-0.1, -0.05) is 24.3 Å². The molecule has 2 aromatic rings. The molecule has 8 heteroatoms. The number of allylic oxidation sites excluding steroid dienone is 2. The molecule has 0 aliphatic carbocycles. The zero-order chi connectivity index (χ0) is 22.6. The van der Waals surface area contributed by atoms with Crippen LogP contribution in [0.5, 0.6) is 5.75 Å². The molecule has 1 unspecified atom stereocenters. The molecule has 2 rings (SSSR count). The summed E-state index contributed by atoms with van der Waals surface area (Å²) in [5, 5.41) is 30.2. The van der Waals surface area contributed by atoms with E-state index in [4.69, 9.17) is 17.3 Å². The minimum atomic E-state index is -1.29. The lowest BCUT2D eigenvalue weighted by Gasteiger charge is -2.25. The average molecular weight is 436 g/mol. The maximum Gasteiger partial charge on any atom is 0.142 e. The van der Waals surface area contributed by atoms with Crippen molar-refractivity contribution in [2.45, 2.75) is 32.0 Å². The molecule has 0 aliphatic rings. The molecule has 1 heterocycles. The third kappa shape index (κ3) is 5.95. The molecule has 0 aliphatic heterocycles. The Labute approximate surface area is 180 Å².